The Labute approximate surface area is 133 Å². The van der Waals surface area contributed by atoms with Gasteiger partial charge in [0, 0.05) is 24.0 Å². The normalized spacial score (nSPS) is 12.5. The molecule has 0 spiro atoms. The minimum Gasteiger partial charge on any atom is -0.265 e. The molecule has 0 aliphatic rings. The topological polar surface area (TPSA) is 30.7 Å². The third kappa shape index (κ3) is 2.74. The molecule has 3 heterocycles. The van der Waals surface area contributed by atoms with Gasteiger partial charge in [0.15, 0.2) is 0 Å². The lowest BCUT2D eigenvalue weighted by molar-refractivity contribution is 0.483. The number of rotatable bonds is 4. The van der Waals surface area contributed by atoms with E-state index in [1.54, 1.807) is 23.7 Å². The molecule has 0 radical (unpaired) electrons. The van der Waals surface area contributed by atoms with Gasteiger partial charge in [-0.05, 0) is 43.2 Å². The highest BCUT2D eigenvalue weighted by Gasteiger charge is 2.18. The molecule has 21 heavy (non-hydrogen) atoms. The fourth-order valence-corrected chi connectivity index (χ4v) is 3.39. The third-order valence-corrected chi connectivity index (χ3v) is 4.84. The van der Waals surface area contributed by atoms with Gasteiger partial charge in [-0.25, -0.2) is 0 Å². The molecule has 108 valence electrons. The van der Waals surface area contributed by atoms with Crippen molar-refractivity contribution < 1.29 is 0 Å². The monoisotopic (exact) mass is 317 g/mol. The molecule has 0 N–H and O–H groups in total. The van der Waals surface area contributed by atoms with Crippen LogP contribution in [0.15, 0.2) is 42.9 Å². The van der Waals surface area contributed by atoms with Gasteiger partial charge >= 0.3 is 0 Å². The van der Waals surface area contributed by atoms with Crippen molar-refractivity contribution in [2.45, 2.75) is 26.3 Å². The highest BCUT2D eigenvalue weighted by Crippen LogP contribution is 2.38. The van der Waals surface area contributed by atoms with Gasteiger partial charge in [0.2, 0.25) is 0 Å². The quantitative estimate of drug-likeness (QED) is 0.654. The van der Waals surface area contributed by atoms with Gasteiger partial charge in [-0.1, -0.05) is 18.5 Å². The average molecular weight is 318 g/mol. The first-order chi connectivity index (χ1) is 10.2. The number of halogens is 1. The van der Waals surface area contributed by atoms with Crippen LogP contribution in [0.4, 0.5) is 0 Å². The van der Waals surface area contributed by atoms with Gasteiger partial charge in [0.25, 0.3) is 0 Å². The summed E-state index contributed by atoms with van der Waals surface area (Å²) in [4.78, 5) is 5.23. The van der Waals surface area contributed by atoms with E-state index in [9.17, 15) is 0 Å². The smallest absolute Gasteiger partial charge is 0.0935 e. The molecule has 0 amide bonds. The van der Waals surface area contributed by atoms with Crippen LogP contribution in [0, 0.1) is 0 Å². The lowest BCUT2D eigenvalue weighted by Gasteiger charge is -2.14. The van der Waals surface area contributed by atoms with E-state index in [1.807, 2.05) is 24.4 Å². The van der Waals surface area contributed by atoms with E-state index in [1.165, 1.54) is 0 Å². The zero-order chi connectivity index (χ0) is 14.8. The molecule has 0 fully saturated rings. The maximum atomic E-state index is 6.12. The molecule has 1 atom stereocenters. The van der Waals surface area contributed by atoms with E-state index in [0.29, 0.717) is 6.04 Å². The molecule has 0 aromatic carbocycles. The maximum Gasteiger partial charge on any atom is 0.0935 e. The van der Waals surface area contributed by atoms with Crippen LogP contribution >= 0.6 is 22.9 Å². The first kappa shape index (κ1) is 14.3. The Kier molecular flexibility index (Phi) is 4.08. The molecular weight excluding hydrogens is 302 g/mol. The van der Waals surface area contributed by atoms with Gasteiger partial charge in [0.1, 0.15) is 0 Å². The van der Waals surface area contributed by atoms with Gasteiger partial charge in [0.05, 0.1) is 21.1 Å². The molecule has 3 rings (SSSR count). The molecule has 3 aromatic heterocycles. The second kappa shape index (κ2) is 6.00. The van der Waals surface area contributed by atoms with Crippen LogP contribution in [0.1, 0.15) is 26.3 Å². The minimum atomic E-state index is 0.344. The SMILES string of the molecule is CCC(C)n1ncc(-c2ccncc2)c1-c1ccc(Cl)s1. The predicted octanol–water partition coefficient (Wildman–Crippen LogP) is 5.30. The molecule has 0 aliphatic carbocycles. The van der Waals surface area contributed by atoms with Crippen molar-refractivity contribution in [2.24, 2.45) is 0 Å². The van der Waals surface area contributed by atoms with Gasteiger partial charge in [-0.15, -0.1) is 11.3 Å². The van der Waals surface area contributed by atoms with Gasteiger partial charge in [-0.2, -0.15) is 5.10 Å². The van der Waals surface area contributed by atoms with Crippen LogP contribution in [0.5, 0.6) is 0 Å². The van der Waals surface area contributed by atoms with Crippen molar-refractivity contribution in [3.05, 3.63) is 47.2 Å². The van der Waals surface area contributed by atoms with Crippen molar-refractivity contribution >= 4 is 22.9 Å². The Bertz CT molecular complexity index is 733. The van der Waals surface area contributed by atoms with Crippen LogP contribution < -0.4 is 0 Å². The zero-order valence-corrected chi connectivity index (χ0v) is 13.5. The molecule has 5 heteroatoms. The molecular formula is C16H16ClN3S. The van der Waals surface area contributed by atoms with Crippen LogP contribution in [-0.4, -0.2) is 14.8 Å². The highest BCUT2D eigenvalue weighted by atomic mass is 35.5. The first-order valence-electron chi connectivity index (χ1n) is 6.94. The van der Waals surface area contributed by atoms with Crippen molar-refractivity contribution in [1.82, 2.24) is 14.8 Å². The van der Waals surface area contributed by atoms with Crippen LogP contribution in [-0.2, 0) is 0 Å². The molecule has 0 aliphatic heterocycles. The summed E-state index contributed by atoms with van der Waals surface area (Å²) in [5, 5.41) is 4.61. The summed E-state index contributed by atoms with van der Waals surface area (Å²) < 4.78 is 2.89. The van der Waals surface area contributed by atoms with Crippen LogP contribution in [0.25, 0.3) is 21.7 Å². The van der Waals surface area contributed by atoms with E-state index in [2.05, 4.69) is 34.7 Å². The average Bonchev–Trinajstić information content (AvgIpc) is 3.13. The fourth-order valence-electron chi connectivity index (χ4n) is 2.30. The molecule has 0 saturated carbocycles. The lowest BCUT2D eigenvalue weighted by atomic mass is 10.1. The second-order valence-electron chi connectivity index (χ2n) is 4.95. The van der Waals surface area contributed by atoms with Crippen molar-refractivity contribution in [3.63, 3.8) is 0 Å². The molecule has 3 aromatic rings. The summed E-state index contributed by atoms with van der Waals surface area (Å²) in [6.45, 7) is 4.35. The van der Waals surface area contributed by atoms with Crippen molar-refractivity contribution in [3.8, 4) is 21.7 Å². The largest absolute Gasteiger partial charge is 0.265 e. The summed E-state index contributed by atoms with van der Waals surface area (Å²) in [6.07, 6.45) is 6.58. The summed E-state index contributed by atoms with van der Waals surface area (Å²) >= 11 is 7.71. The van der Waals surface area contributed by atoms with Gasteiger partial charge < -0.3 is 0 Å². The highest BCUT2D eigenvalue weighted by molar-refractivity contribution is 7.19. The van der Waals surface area contributed by atoms with Gasteiger partial charge in [-0.3, -0.25) is 9.67 Å². The van der Waals surface area contributed by atoms with Crippen molar-refractivity contribution in [2.75, 3.05) is 0 Å². The number of hydrogen-bond acceptors (Lipinski definition) is 3. The van der Waals surface area contributed by atoms with Crippen molar-refractivity contribution in [1.29, 1.82) is 0 Å². The van der Waals surface area contributed by atoms with E-state index in [0.717, 1.165) is 32.5 Å². The van der Waals surface area contributed by atoms with E-state index in [-0.39, 0.29) is 0 Å². The van der Waals surface area contributed by atoms with E-state index >= 15 is 0 Å². The predicted molar refractivity (Wildman–Crippen MR) is 88.8 cm³/mol. The fraction of sp³-hybridized carbons (Fsp3) is 0.250. The number of pyridine rings is 1. The molecule has 0 bridgehead atoms. The second-order valence-corrected chi connectivity index (χ2v) is 6.66. The first-order valence-corrected chi connectivity index (χ1v) is 8.13. The maximum absolute atomic E-state index is 6.12. The summed E-state index contributed by atoms with van der Waals surface area (Å²) in [6, 6.07) is 8.36. The number of aromatic nitrogens is 3. The minimum absolute atomic E-state index is 0.344. The standard InChI is InChI=1S/C16H16ClN3S/c1-3-11(2)20-16(14-4-5-15(17)21-14)13(10-19-20)12-6-8-18-9-7-12/h4-11H,3H2,1-2H3. The number of thiophene rings is 1. The Hall–Kier alpha value is -1.65. The van der Waals surface area contributed by atoms with E-state index < -0.39 is 0 Å². The number of hydrogen-bond donors (Lipinski definition) is 0. The Balaban J connectivity index is 2.20. The summed E-state index contributed by atoms with van der Waals surface area (Å²) in [7, 11) is 0. The molecule has 3 nitrogen and oxygen atoms in total. The summed E-state index contributed by atoms with van der Waals surface area (Å²) in [5.41, 5.74) is 3.38. The van der Waals surface area contributed by atoms with Crippen LogP contribution in [0.3, 0.4) is 0 Å². The third-order valence-electron chi connectivity index (χ3n) is 3.60. The molecule has 0 saturated heterocycles. The number of nitrogens with zero attached hydrogens (tertiary/aromatic N) is 3. The zero-order valence-electron chi connectivity index (χ0n) is 12.0. The lowest BCUT2D eigenvalue weighted by Crippen LogP contribution is -2.07. The Morgan fingerprint density at radius 2 is 2.00 bits per heavy atom. The Morgan fingerprint density at radius 1 is 1.24 bits per heavy atom. The van der Waals surface area contributed by atoms with Crippen LogP contribution in [0.2, 0.25) is 4.34 Å². The van der Waals surface area contributed by atoms with E-state index in [4.69, 9.17) is 11.6 Å². The summed E-state index contributed by atoms with van der Waals surface area (Å²) in [5.74, 6) is 0. The molecule has 1 unspecified atom stereocenters. The Morgan fingerprint density at radius 3 is 2.62 bits per heavy atom.